The van der Waals surface area contributed by atoms with Gasteiger partial charge in [-0.05, 0) is 111 Å². The van der Waals surface area contributed by atoms with Crippen LogP contribution in [0.3, 0.4) is 0 Å². The lowest BCUT2D eigenvalue weighted by Crippen LogP contribution is -2.51. The second-order valence-electron chi connectivity index (χ2n) is 14.2. The molecule has 11 heteroatoms. The third kappa shape index (κ3) is 6.68. The molecule has 7 rings (SSSR count). The van der Waals surface area contributed by atoms with E-state index in [1.165, 1.54) is 5.19 Å². The van der Waals surface area contributed by atoms with Gasteiger partial charge in [0.05, 0.1) is 51.7 Å². The second kappa shape index (κ2) is 14.7. The molecule has 0 bridgehead atoms. The summed E-state index contributed by atoms with van der Waals surface area (Å²) in [7, 11) is -0.612. The SMILES string of the molecule is COc1ccc([Si](C)(C)[C@H]2[C@H](CCn3cc(C(CO)c4ccccc4)nn3)O[C@@]3(C(=O)N(Cc4ccc(I)cc4)c4ccc(I)cc43)[C@@H]2C)cc1. The van der Waals surface area contributed by atoms with Gasteiger partial charge in [-0.15, -0.1) is 5.10 Å². The van der Waals surface area contributed by atoms with E-state index in [4.69, 9.17) is 9.47 Å². The smallest absolute Gasteiger partial charge is 0.264 e. The molecule has 4 aromatic carbocycles. The van der Waals surface area contributed by atoms with E-state index < -0.39 is 13.7 Å². The highest BCUT2D eigenvalue weighted by atomic mass is 127. The van der Waals surface area contributed by atoms with Crippen molar-refractivity contribution in [1.29, 1.82) is 0 Å². The predicted octanol–water partition coefficient (Wildman–Crippen LogP) is 7.47. The maximum Gasteiger partial charge on any atom is 0.264 e. The molecular weight excluding hydrogens is 882 g/mol. The molecular formula is C40H42I2N4O4Si. The van der Waals surface area contributed by atoms with Gasteiger partial charge in [-0.2, -0.15) is 0 Å². The molecule has 5 atom stereocenters. The topological polar surface area (TPSA) is 89.7 Å². The van der Waals surface area contributed by atoms with Crippen LogP contribution in [0.25, 0.3) is 0 Å². The Bertz CT molecular complexity index is 2010. The van der Waals surface area contributed by atoms with Crippen molar-refractivity contribution >= 4 is 70.0 Å². The van der Waals surface area contributed by atoms with E-state index >= 15 is 4.79 Å². The molecule has 2 aliphatic heterocycles. The molecule has 1 fully saturated rings. The second-order valence-corrected chi connectivity index (χ2v) is 21.4. The number of rotatable bonds is 11. The molecule has 5 aromatic rings. The molecule has 1 amide bonds. The Labute approximate surface area is 327 Å². The van der Waals surface area contributed by atoms with Crippen LogP contribution in [-0.2, 0) is 28.2 Å². The summed E-state index contributed by atoms with van der Waals surface area (Å²) in [6.07, 6.45) is 2.38. The number of anilines is 1. The van der Waals surface area contributed by atoms with E-state index in [9.17, 15) is 5.11 Å². The molecule has 0 radical (unpaired) electrons. The minimum atomic E-state index is -2.30. The van der Waals surface area contributed by atoms with Gasteiger partial charge in [-0.3, -0.25) is 9.48 Å². The Morgan fingerprint density at radius 1 is 0.980 bits per heavy atom. The van der Waals surface area contributed by atoms with E-state index in [-0.39, 0.29) is 36.0 Å². The number of hydrogen-bond donors (Lipinski definition) is 1. The van der Waals surface area contributed by atoms with Crippen molar-refractivity contribution in [3.05, 3.63) is 133 Å². The first kappa shape index (κ1) is 36.3. The average molecular weight is 925 g/mol. The van der Waals surface area contributed by atoms with Gasteiger partial charge in [0.25, 0.3) is 5.91 Å². The lowest BCUT2D eigenvalue weighted by Gasteiger charge is -2.37. The number of methoxy groups -OCH3 is 1. The quantitative estimate of drug-likeness (QED) is 0.109. The number of carbonyl (C=O) groups excluding carboxylic acids is 1. The lowest BCUT2D eigenvalue weighted by molar-refractivity contribution is -0.146. The van der Waals surface area contributed by atoms with Crippen LogP contribution in [0.4, 0.5) is 5.69 Å². The zero-order valence-corrected chi connectivity index (χ0v) is 34.5. The number of nitrogens with zero attached hydrogens (tertiary/aromatic N) is 4. The largest absolute Gasteiger partial charge is 0.497 e. The minimum Gasteiger partial charge on any atom is -0.497 e. The summed E-state index contributed by atoms with van der Waals surface area (Å²) in [5, 5.41) is 20.5. The van der Waals surface area contributed by atoms with Gasteiger partial charge in [-0.1, -0.05) is 85.0 Å². The number of hydrogen-bond acceptors (Lipinski definition) is 6. The van der Waals surface area contributed by atoms with Crippen LogP contribution < -0.4 is 14.8 Å². The number of aryl methyl sites for hydroxylation is 1. The molecule has 1 saturated heterocycles. The molecule has 1 N–H and O–H groups in total. The number of halogens is 2. The van der Waals surface area contributed by atoms with Gasteiger partial charge in [0.15, 0.2) is 5.60 Å². The van der Waals surface area contributed by atoms with E-state index in [1.807, 2.05) is 58.2 Å². The highest BCUT2D eigenvalue weighted by molar-refractivity contribution is 14.1. The van der Waals surface area contributed by atoms with Crippen LogP contribution >= 0.6 is 45.2 Å². The molecule has 0 saturated carbocycles. The number of fused-ring (bicyclic) bond motifs is 2. The third-order valence-electron chi connectivity index (χ3n) is 11.0. The predicted molar refractivity (Wildman–Crippen MR) is 219 cm³/mol. The molecule has 1 spiro atoms. The summed E-state index contributed by atoms with van der Waals surface area (Å²) < 4.78 is 16.9. The maximum atomic E-state index is 15.1. The van der Waals surface area contributed by atoms with Crippen molar-refractivity contribution in [2.24, 2.45) is 5.92 Å². The van der Waals surface area contributed by atoms with Gasteiger partial charge >= 0.3 is 0 Å². The standard InChI is InChI=1S/C40H42I2N4O4Si/c1-26-38(51(3,4)32-17-15-31(49-2)16-18-32)37(20-21-45-24-35(43-44-45)33(25-47)28-8-6-5-7-9-28)50-40(26)34-22-30(42)14-19-36(34)46(39(40)48)23-27-10-12-29(41)13-11-27/h5-19,22,24,26,33,37-38,47H,20-21,23,25H2,1-4H3/t26-,33?,37+,38-,40+/m1/s1. The lowest BCUT2D eigenvalue weighted by atomic mass is 9.82. The highest BCUT2D eigenvalue weighted by Crippen LogP contribution is 2.60. The number of carbonyl (C=O) groups is 1. The maximum absolute atomic E-state index is 15.1. The molecule has 1 unspecified atom stereocenters. The van der Waals surface area contributed by atoms with Gasteiger partial charge in [-0.25, -0.2) is 0 Å². The van der Waals surface area contributed by atoms with E-state index in [0.29, 0.717) is 19.5 Å². The number of benzene rings is 4. The monoisotopic (exact) mass is 924 g/mol. The van der Waals surface area contributed by atoms with Crippen LogP contribution in [0.5, 0.6) is 5.75 Å². The van der Waals surface area contributed by atoms with Crippen LogP contribution in [0.15, 0.2) is 103 Å². The Hall–Kier alpha value is -3.11. The molecule has 2 aliphatic rings. The summed E-state index contributed by atoms with van der Waals surface area (Å²) >= 11 is 4.66. The van der Waals surface area contributed by atoms with Gasteiger partial charge in [0, 0.05) is 31.4 Å². The van der Waals surface area contributed by atoms with Crippen molar-refractivity contribution in [1.82, 2.24) is 15.0 Å². The zero-order valence-electron chi connectivity index (χ0n) is 29.2. The molecule has 264 valence electrons. The normalized spacial score (nSPS) is 22.1. The fourth-order valence-corrected chi connectivity index (χ4v) is 13.3. The summed E-state index contributed by atoms with van der Waals surface area (Å²) in [6, 6.07) is 33.1. The Kier molecular flexibility index (Phi) is 10.5. The summed E-state index contributed by atoms with van der Waals surface area (Å²) in [6.45, 7) is 8.03. The van der Waals surface area contributed by atoms with Crippen LogP contribution in [0.1, 0.15) is 41.6 Å². The van der Waals surface area contributed by atoms with E-state index in [0.717, 1.165) is 41.0 Å². The first-order valence-corrected chi connectivity index (χ1v) is 22.5. The van der Waals surface area contributed by atoms with E-state index in [2.05, 4.69) is 130 Å². The van der Waals surface area contributed by atoms with Crippen molar-refractivity contribution < 1.29 is 19.4 Å². The number of aliphatic hydroxyl groups excluding tert-OH is 1. The summed E-state index contributed by atoms with van der Waals surface area (Å²) in [4.78, 5) is 17.0. The Morgan fingerprint density at radius 3 is 2.37 bits per heavy atom. The van der Waals surface area contributed by atoms with Crippen molar-refractivity contribution in [2.45, 2.75) is 62.7 Å². The van der Waals surface area contributed by atoms with Gasteiger partial charge < -0.3 is 19.5 Å². The first-order chi connectivity index (χ1) is 24.6. The molecule has 3 heterocycles. The number of aromatic nitrogens is 3. The molecule has 1 aromatic heterocycles. The Balaban J connectivity index is 1.25. The molecule has 0 aliphatic carbocycles. The van der Waals surface area contributed by atoms with Crippen molar-refractivity contribution in [3.63, 3.8) is 0 Å². The fourth-order valence-electron chi connectivity index (χ4n) is 8.38. The van der Waals surface area contributed by atoms with Crippen LogP contribution in [0, 0.1) is 13.1 Å². The third-order valence-corrected chi connectivity index (χ3v) is 16.7. The molecule has 51 heavy (non-hydrogen) atoms. The minimum absolute atomic E-state index is 0.00858. The van der Waals surface area contributed by atoms with Crippen molar-refractivity contribution in [2.75, 3.05) is 18.6 Å². The highest BCUT2D eigenvalue weighted by Gasteiger charge is 2.66. The van der Waals surface area contributed by atoms with Crippen LogP contribution in [-0.4, -0.2) is 53.9 Å². The first-order valence-electron chi connectivity index (χ1n) is 17.3. The Morgan fingerprint density at radius 2 is 1.69 bits per heavy atom. The van der Waals surface area contributed by atoms with E-state index in [1.54, 1.807) is 7.11 Å². The molecule has 8 nitrogen and oxygen atoms in total. The zero-order chi connectivity index (χ0) is 35.9. The number of amides is 1. The number of aliphatic hydroxyl groups is 1. The summed E-state index contributed by atoms with van der Waals surface area (Å²) in [5.41, 5.74) is 3.68. The van der Waals surface area contributed by atoms with Gasteiger partial charge in [0.1, 0.15) is 5.75 Å². The number of ether oxygens (including phenoxy) is 2. The average Bonchev–Trinajstić information content (AvgIpc) is 3.79. The van der Waals surface area contributed by atoms with Crippen molar-refractivity contribution in [3.8, 4) is 5.75 Å². The summed E-state index contributed by atoms with van der Waals surface area (Å²) in [5.74, 6) is 0.482. The van der Waals surface area contributed by atoms with Gasteiger partial charge in [0.2, 0.25) is 0 Å². The van der Waals surface area contributed by atoms with Crippen LogP contribution in [0.2, 0.25) is 18.6 Å². The fraction of sp³-hybridized carbons (Fsp3) is 0.325.